The monoisotopic (exact) mass is 514 g/mol. The highest BCUT2D eigenvalue weighted by molar-refractivity contribution is 5.94. The smallest absolute Gasteiger partial charge is 0.326 e. The van der Waals surface area contributed by atoms with Crippen LogP contribution in [0.1, 0.15) is 66.2 Å². The Morgan fingerprint density at radius 3 is 1.94 bits per heavy atom. The van der Waals surface area contributed by atoms with Gasteiger partial charge >= 0.3 is 5.97 Å². The molecule has 36 heavy (non-hydrogen) atoms. The maximum Gasteiger partial charge on any atom is 0.326 e. The molecule has 12 N–H and O–H groups in total. The molecular weight excluding hydrogens is 468 g/mol. The molecule has 208 valence electrons. The third kappa shape index (κ3) is 12.7. The molecule has 13 nitrogen and oxygen atoms in total. The summed E-state index contributed by atoms with van der Waals surface area (Å²) < 4.78 is 0. The average Bonchev–Trinajstić information content (AvgIpc) is 2.81. The van der Waals surface area contributed by atoms with Gasteiger partial charge in [0.2, 0.25) is 17.7 Å². The normalized spacial score (nSPS) is 15.2. The van der Waals surface area contributed by atoms with Crippen LogP contribution in [0.2, 0.25) is 0 Å². The van der Waals surface area contributed by atoms with Crippen LogP contribution in [0.25, 0.3) is 0 Å². The van der Waals surface area contributed by atoms with Gasteiger partial charge in [0.05, 0.1) is 6.04 Å². The lowest BCUT2D eigenvalue weighted by Crippen LogP contribution is -2.59. The van der Waals surface area contributed by atoms with Gasteiger partial charge in [0.1, 0.15) is 18.1 Å². The zero-order valence-corrected chi connectivity index (χ0v) is 22.0. The summed E-state index contributed by atoms with van der Waals surface area (Å²) in [5.41, 5.74) is 22.0. The molecule has 3 amide bonds. The standard InChI is InChI=1S/C23H46N8O5/c1-5-14(4)18(31-19(32)15(25)9-6-7-11-24)21(34)30-17(13(2)3)20(33)29-16(22(35)36)10-8-12-28-23(26)27/h13-18H,5-12,24-25H2,1-4H3,(H,29,33)(H,30,34)(H,31,32)(H,35,36)(H4,26,27,28). The summed E-state index contributed by atoms with van der Waals surface area (Å²) >= 11 is 0. The van der Waals surface area contributed by atoms with Crippen LogP contribution in [0.5, 0.6) is 0 Å². The number of carbonyl (C=O) groups is 4. The second-order valence-electron chi connectivity index (χ2n) is 9.34. The Kier molecular flexibility index (Phi) is 16.1. The first-order chi connectivity index (χ1) is 16.8. The van der Waals surface area contributed by atoms with Crippen LogP contribution < -0.4 is 38.9 Å². The number of nitrogens with zero attached hydrogens (tertiary/aromatic N) is 1. The van der Waals surface area contributed by atoms with Gasteiger partial charge in [-0.15, -0.1) is 0 Å². The van der Waals surface area contributed by atoms with E-state index in [4.69, 9.17) is 22.9 Å². The maximum absolute atomic E-state index is 13.2. The van der Waals surface area contributed by atoms with Crippen molar-refractivity contribution < 1.29 is 24.3 Å². The molecule has 0 bridgehead atoms. The van der Waals surface area contributed by atoms with Gasteiger partial charge < -0.3 is 44.0 Å². The highest BCUT2D eigenvalue weighted by Gasteiger charge is 2.33. The molecule has 0 aliphatic carbocycles. The van der Waals surface area contributed by atoms with Crippen molar-refractivity contribution in [3.63, 3.8) is 0 Å². The maximum atomic E-state index is 13.2. The van der Waals surface area contributed by atoms with Crippen LogP contribution in [-0.2, 0) is 19.2 Å². The van der Waals surface area contributed by atoms with Gasteiger partial charge in [-0.2, -0.15) is 0 Å². The van der Waals surface area contributed by atoms with E-state index in [-0.39, 0.29) is 30.8 Å². The fourth-order valence-corrected chi connectivity index (χ4v) is 3.40. The minimum Gasteiger partial charge on any atom is -0.480 e. The van der Waals surface area contributed by atoms with Gasteiger partial charge in [-0.3, -0.25) is 19.4 Å². The molecule has 0 spiro atoms. The molecule has 0 saturated carbocycles. The van der Waals surface area contributed by atoms with E-state index in [2.05, 4.69) is 20.9 Å². The lowest BCUT2D eigenvalue weighted by Gasteiger charge is -2.29. The molecular formula is C23H46N8O5. The molecule has 0 aromatic carbocycles. The van der Waals surface area contributed by atoms with Crippen molar-refractivity contribution in [2.24, 2.45) is 39.8 Å². The van der Waals surface area contributed by atoms with E-state index in [0.29, 0.717) is 32.2 Å². The van der Waals surface area contributed by atoms with E-state index >= 15 is 0 Å². The number of amides is 3. The van der Waals surface area contributed by atoms with E-state index in [1.54, 1.807) is 13.8 Å². The summed E-state index contributed by atoms with van der Waals surface area (Å²) in [5.74, 6) is -3.53. The highest BCUT2D eigenvalue weighted by Crippen LogP contribution is 2.12. The largest absolute Gasteiger partial charge is 0.480 e. The highest BCUT2D eigenvalue weighted by atomic mass is 16.4. The van der Waals surface area contributed by atoms with Crippen LogP contribution >= 0.6 is 0 Å². The molecule has 0 fully saturated rings. The Hall–Kier alpha value is -2.93. The van der Waals surface area contributed by atoms with E-state index < -0.39 is 47.9 Å². The van der Waals surface area contributed by atoms with Gasteiger partial charge in [0.25, 0.3) is 0 Å². The fraction of sp³-hybridized carbons (Fsp3) is 0.783. The zero-order chi connectivity index (χ0) is 27.8. The molecule has 5 unspecified atom stereocenters. The van der Waals surface area contributed by atoms with Crippen LogP contribution in [0.15, 0.2) is 4.99 Å². The Balaban J connectivity index is 5.36. The first-order valence-electron chi connectivity index (χ1n) is 12.5. The average molecular weight is 515 g/mol. The minimum absolute atomic E-state index is 0.101. The van der Waals surface area contributed by atoms with Gasteiger partial charge in [0, 0.05) is 6.54 Å². The van der Waals surface area contributed by atoms with E-state index in [9.17, 15) is 24.3 Å². The predicted molar refractivity (Wildman–Crippen MR) is 139 cm³/mol. The number of nitrogens with one attached hydrogen (secondary N) is 3. The van der Waals surface area contributed by atoms with Crippen molar-refractivity contribution in [1.82, 2.24) is 16.0 Å². The Bertz CT molecular complexity index is 742. The van der Waals surface area contributed by atoms with Crippen LogP contribution in [-0.4, -0.2) is 72.0 Å². The number of carboxylic acid groups (broad SMARTS) is 1. The molecule has 13 heteroatoms. The van der Waals surface area contributed by atoms with Gasteiger partial charge in [-0.25, -0.2) is 4.79 Å². The molecule has 0 aliphatic heterocycles. The predicted octanol–water partition coefficient (Wildman–Crippen LogP) is -1.26. The lowest BCUT2D eigenvalue weighted by atomic mass is 9.95. The van der Waals surface area contributed by atoms with Crippen molar-refractivity contribution in [3.05, 3.63) is 0 Å². The number of guanidine groups is 1. The fourth-order valence-electron chi connectivity index (χ4n) is 3.40. The van der Waals surface area contributed by atoms with Crippen LogP contribution in [0, 0.1) is 11.8 Å². The third-order valence-electron chi connectivity index (χ3n) is 5.91. The third-order valence-corrected chi connectivity index (χ3v) is 5.91. The first-order valence-corrected chi connectivity index (χ1v) is 12.5. The first kappa shape index (κ1) is 33.1. The molecule has 0 aromatic heterocycles. The Morgan fingerprint density at radius 2 is 1.44 bits per heavy atom. The number of carboxylic acids is 1. The van der Waals surface area contributed by atoms with E-state index in [1.165, 1.54) is 0 Å². The zero-order valence-electron chi connectivity index (χ0n) is 22.0. The van der Waals surface area contributed by atoms with Gasteiger partial charge in [-0.05, 0) is 44.1 Å². The van der Waals surface area contributed by atoms with Crippen molar-refractivity contribution in [2.75, 3.05) is 13.1 Å². The number of hydrogen-bond acceptors (Lipinski definition) is 7. The van der Waals surface area contributed by atoms with Crippen LogP contribution in [0.3, 0.4) is 0 Å². The van der Waals surface area contributed by atoms with Crippen molar-refractivity contribution in [1.29, 1.82) is 0 Å². The molecule has 0 radical (unpaired) electrons. The van der Waals surface area contributed by atoms with Crippen molar-refractivity contribution in [2.45, 2.75) is 90.4 Å². The molecule has 0 aliphatic rings. The van der Waals surface area contributed by atoms with E-state index in [1.807, 2.05) is 13.8 Å². The topological polar surface area (TPSA) is 241 Å². The number of unbranched alkanes of at least 4 members (excludes halogenated alkanes) is 1. The quantitative estimate of drug-likeness (QED) is 0.0617. The summed E-state index contributed by atoms with van der Waals surface area (Å²) in [4.78, 5) is 54.1. The number of carbonyl (C=O) groups excluding carboxylic acids is 3. The summed E-state index contributed by atoms with van der Waals surface area (Å²) in [6.45, 7) is 7.87. The summed E-state index contributed by atoms with van der Waals surface area (Å²) in [6, 6.07) is -3.89. The van der Waals surface area contributed by atoms with E-state index in [0.717, 1.165) is 6.42 Å². The number of rotatable bonds is 18. The second kappa shape index (κ2) is 17.5. The lowest BCUT2D eigenvalue weighted by molar-refractivity contribution is -0.143. The number of aliphatic imine (C=N–C) groups is 1. The minimum atomic E-state index is -1.21. The molecule has 0 heterocycles. The van der Waals surface area contributed by atoms with Crippen LogP contribution in [0.4, 0.5) is 0 Å². The molecule has 5 atom stereocenters. The Labute approximate surface area is 213 Å². The second-order valence-corrected chi connectivity index (χ2v) is 9.34. The van der Waals surface area contributed by atoms with Gasteiger partial charge in [-0.1, -0.05) is 40.5 Å². The van der Waals surface area contributed by atoms with Crippen molar-refractivity contribution in [3.8, 4) is 0 Å². The SMILES string of the molecule is CCC(C)C(NC(=O)C(N)CCCCN)C(=O)NC(C(=O)NC(CCCN=C(N)N)C(=O)O)C(C)C. The van der Waals surface area contributed by atoms with Crippen molar-refractivity contribution >= 4 is 29.7 Å². The molecule has 0 aromatic rings. The molecule has 0 rings (SSSR count). The van der Waals surface area contributed by atoms with Gasteiger partial charge in [0.15, 0.2) is 5.96 Å². The number of hydrogen-bond donors (Lipinski definition) is 8. The molecule has 0 saturated heterocycles. The summed E-state index contributed by atoms with van der Waals surface area (Å²) in [7, 11) is 0. The Morgan fingerprint density at radius 1 is 0.861 bits per heavy atom. The summed E-state index contributed by atoms with van der Waals surface area (Å²) in [6.07, 6.45) is 2.90. The number of aliphatic carboxylic acids is 1. The number of nitrogens with two attached hydrogens (primary N) is 4. The summed E-state index contributed by atoms with van der Waals surface area (Å²) in [5, 5.41) is 17.4.